The molecule has 0 fully saturated rings. The van der Waals surface area contributed by atoms with Crippen molar-refractivity contribution in [3.8, 4) is 5.75 Å². The van der Waals surface area contributed by atoms with Crippen molar-refractivity contribution in [3.63, 3.8) is 0 Å². The maximum atomic E-state index is 13.2. The Hall–Kier alpha value is -3.57. The molecule has 6 nitrogen and oxygen atoms in total. The van der Waals surface area contributed by atoms with Gasteiger partial charge in [-0.3, -0.25) is 14.5 Å². The van der Waals surface area contributed by atoms with Gasteiger partial charge in [-0.25, -0.2) is 4.99 Å². The lowest BCUT2D eigenvalue weighted by atomic mass is 10.2. The number of hydrogen-bond donors (Lipinski definition) is 1. The SMILES string of the molecule is O=C(CSC1=NC(=Cc2ccc(Br)cc2)C(=O)N1c1ccccc1)Nc1ccc(OC(F)(F)F)cc1. The Balaban J connectivity index is 1.47. The first-order chi connectivity index (χ1) is 17.2. The largest absolute Gasteiger partial charge is 0.573 e. The molecule has 3 aromatic carbocycles. The molecule has 1 N–H and O–H groups in total. The molecule has 0 spiro atoms. The molecule has 0 aromatic heterocycles. The second kappa shape index (κ2) is 11.0. The summed E-state index contributed by atoms with van der Waals surface area (Å²) in [6, 6.07) is 21.1. The zero-order valence-electron chi connectivity index (χ0n) is 18.3. The molecule has 0 atom stereocenters. The van der Waals surface area contributed by atoms with Crippen LogP contribution in [-0.2, 0) is 9.59 Å². The van der Waals surface area contributed by atoms with Crippen LogP contribution in [0.25, 0.3) is 6.08 Å². The standard InChI is InChI=1S/C25H17BrF3N3O3S/c26-17-8-6-16(7-9-17)14-21-23(34)32(19-4-2-1-3-5-19)24(31-21)36-15-22(33)30-18-10-12-20(13-11-18)35-25(27,28)29/h1-14H,15H2,(H,30,33). The van der Waals surface area contributed by atoms with Gasteiger partial charge in [0.25, 0.3) is 5.91 Å². The average molecular weight is 576 g/mol. The van der Waals surface area contributed by atoms with E-state index in [1.165, 1.54) is 17.0 Å². The second-order valence-corrected chi connectivity index (χ2v) is 9.22. The number of nitrogens with zero attached hydrogens (tertiary/aromatic N) is 2. The molecule has 0 unspecified atom stereocenters. The summed E-state index contributed by atoms with van der Waals surface area (Å²) in [5.74, 6) is -1.22. The van der Waals surface area contributed by atoms with E-state index in [9.17, 15) is 22.8 Å². The predicted molar refractivity (Wildman–Crippen MR) is 138 cm³/mol. The van der Waals surface area contributed by atoms with Crippen molar-refractivity contribution in [2.75, 3.05) is 16.0 Å². The fourth-order valence-electron chi connectivity index (χ4n) is 3.18. The summed E-state index contributed by atoms with van der Waals surface area (Å²) in [6.07, 6.45) is -3.13. The number of rotatable bonds is 6. The average Bonchev–Trinajstić information content (AvgIpc) is 3.15. The maximum absolute atomic E-state index is 13.2. The molecule has 1 aliphatic rings. The van der Waals surface area contributed by atoms with Crippen LogP contribution in [0.5, 0.6) is 5.75 Å². The van der Waals surface area contributed by atoms with Crippen molar-refractivity contribution in [1.82, 2.24) is 0 Å². The summed E-state index contributed by atoms with van der Waals surface area (Å²) in [4.78, 5) is 31.6. The minimum Gasteiger partial charge on any atom is -0.406 e. The minimum atomic E-state index is -4.80. The zero-order chi connectivity index (χ0) is 25.7. The number of alkyl halides is 3. The Bertz CT molecular complexity index is 1310. The fraction of sp³-hybridized carbons (Fsp3) is 0.0800. The first-order valence-electron chi connectivity index (χ1n) is 10.4. The van der Waals surface area contributed by atoms with Gasteiger partial charge in [-0.05, 0) is 60.2 Å². The van der Waals surface area contributed by atoms with E-state index < -0.39 is 18.0 Å². The lowest BCUT2D eigenvalue weighted by Gasteiger charge is -2.17. The van der Waals surface area contributed by atoms with Gasteiger partial charge in [-0.15, -0.1) is 13.2 Å². The lowest BCUT2D eigenvalue weighted by Crippen LogP contribution is -2.31. The number of anilines is 2. The number of thioether (sulfide) groups is 1. The van der Waals surface area contributed by atoms with Gasteiger partial charge in [-0.1, -0.05) is 58.0 Å². The fourth-order valence-corrected chi connectivity index (χ4v) is 4.26. The van der Waals surface area contributed by atoms with Gasteiger partial charge >= 0.3 is 6.36 Å². The summed E-state index contributed by atoms with van der Waals surface area (Å²) in [6.45, 7) is 0. The van der Waals surface area contributed by atoms with Gasteiger partial charge in [0.1, 0.15) is 11.4 Å². The number of para-hydroxylation sites is 1. The van der Waals surface area contributed by atoms with Crippen molar-refractivity contribution < 1.29 is 27.5 Å². The number of amides is 2. The predicted octanol–water partition coefficient (Wildman–Crippen LogP) is 6.46. The van der Waals surface area contributed by atoms with Crippen molar-refractivity contribution in [2.45, 2.75) is 6.36 Å². The van der Waals surface area contributed by atoms with Gasteiger partial charge in [0.15, 0.2) is 5.17 Å². The van der Waals surface area contributed by atoms with Gasteiger partial charge in [-0.2, -0.15) is 0 Å². The van der Waals surface area contributed by atoms with Crippen LogP contribution in [-0.4, -0.2) is 29.1 Å². The molecule has 184 valence electrons. The third-order valence-electron chi connectivity index (χ3n) is 4.72. The Morgan fingerprint density at radius 2 is 1.69 bits per heavy atom. The van der Waals surface area contributed by atoms with E-state index in [2.05, 4.69) is 31.0 Å². The summed E-state index contributed by atoms with van der Waals surface area (Å²) in [5, 5.41) is 2.94. The molecule has 4 rings (SSSR count). The van der Waals surface area contributed by atoms with Crippen molar-refractivity contribution >= 4 is 62.1 Å². The highest BCUT2D eigenvalue weighted by Crippen LogP contribution is 2.30. The Morgan fingerprint density at radius 1 is 1.03 bits per heavy atom. The number of aliphatic imine (C=N–C) groups is 1. The smallest absolute Gasteiger partial charge is 0.406 e. The molecule has 1 heterocycles. The summed E-state index contributed by atoms with van der Waals surface area (Å²) >= 11 is 4.44. The summed E-state index contributed by atoms with van der Waals surface area (Å²) < 4.78 is 41.6. The lowest BCUT2D eigenvalue weighted by molar-refractivity contribution is -0.274. The number of carbonyl (C=O) groups is 2. The highest BCUT2D eigenvalue weighted by molar-refractivity contribution is 9.10. The summed E-state index contributed by atoms with van der Waals surface area (Å²) in [7, 11) is 0. The van der Waals surface area contributed by atoms with Crippen molar-refractivity contribution in [2.24, 2.45) is 4.99 Å². The first-order valence-corrected chi connectivity index (χ1v) is 12.2. The van der Waals surface area contributed by atoms with Gasteiger partial charge < -0.3 is 10.1 Å². The van der Waals surface area contributed by atoms with Crippen LogP contribution in [0.3, 0.4) is 0 Å². The normalized spacial score (nSPS) is 14.7. The highest BCUT2D eigenvalue weighted by atomic mass is 79.9. The minimum absolute atomic E-state index is 0.0815. The number of hydrogen-bond acceptors (Lipinski definition) is 5. The van der Waals surface area contributed by atoms with Gasteiger partial charge in [0.05, 0.1) is 11.4 Å². The van der Waals surface area contributed by atoms with Crippen LogP contribution in [0.15, 0.2) is 94.0 Å². The molecule has 0 saturated heterocycles. The number of benzene rings is 3. The molecule has 0 saturated carbocycles. The van der Waals surface area contributed by atoms with Crippen molar-refractivity contribution in [3.05, 3.63) is 94.6 Å². The zero-order valence-corrected chi connectivity index (χ0v) is 20.7. The maximum Gasteiger partial charge on any atom is 0.573 e. The highest BCUT2D eigenvalue weighted by Gasteiger charge is 2.32. The van der Waals surface area contributed by atoms with Crippen LogP contribution in [0, 0.1) is 0 Å². The Labute approximate surface area is 217 Å². The molecular weight excluding hydrogens is 559 g/mol. The van der Waals surface area contributed by atoms with Crippen LogP contribution < -0.4 is 15.0 Å². The number of ether oxygens (including phenoxy) is 1. The molecule has 0 radical (unpaired) electrons. The molecule has 0 aliphatic carbocycles. The van der Waals surface area contributed by atoms with Crippen LogP contribution >= 0.6 is 27.7 Å². The number of halogens is 4. The third kappa shape index (κ3) is 6.76. The topological polar surface area (TPSA) is 71.0 Å². The van der Waals surface area contributed by atoms with E-state index in [1.54, 1.807) is 30.3 Å². The Morgan fingerprint density at radius 3 is 2.33 bits per heavy atom. The van der Waals surface area contributed by atoms with E-state index in [1.807, 2.05) is 30.3 Å². The molecule has 11 heteroatoms. The number of carbonyl (C=O) groups excluding carboxylic acids is 2. The third-order valence-corrected chi connectivity index (χ3v) is 6.19. The van der Waals surface area contributed by atoms with E-state index in [0.717, 1.165) is 33.9 Å². The molecule has 2 amide bonds. The van der Waals surface area contributed by atoms with Crippen molar-refractivity contribution in [1.29, 1.82) is 0 Å². The molecule has 0 bridgehead atoms. The number of nitrogens with one attached hydrogen (secondary N) is 1. The van der Waals surface area contributed by atoms with E-state index >= 15 is 0 Å². The van der Waals surface area contributed by atoms with E-state index in [0.29, 0.717) is 16.5 Å². The van der Waals surface area contributed by atoms with E-state index in [4.69, 9.17) is 0 Å². The second-order valence-electron chi connectivity index (χ2n) is 7.36. The Kier molecular flexibility index (Phi) is 7.80. The quantitative estimate of drug-likeness (QED) is 0.342. The van der Waals surface area contributed by atoms with Crippen LogP contribution in [0.2, 0.25) is 0 Å². The molecule has 36 heavy (non-hydrogen) atoms. The number of amidine groups is 1. The van der Waals surface area contributed by atoms with Crippen LogP contribution in [0.1, 0.15) is 5.56 Å². The molecule has 3 aromatic rings. The summed E-state index contributed by atoms with van der Waals surface area (Å²) in [5.41, 5.74) is 1.92. The van der Waals surface area contributed by atoms with Gasteiger partial charge in [0, 0.05) is 10.2 Å². The molecular formula is C25H17BrF3N3O3S. The molecule has 1 aliphatic heterocycles. The monoisotopic (exact) mass is 575 g/mol. The van der Waals surface area contributed by atoms with E-state index in [-0.39, 0.29) is 17.4 Å². The first kappa shape index (κ1) is 25.5. The van der Waals surface area contributed by atoms with Gasteiger partial charge in [0.2, 0.25) is 5.91 Å². The van der Waals surface area contributed by atoms with Crippen LogP contribution in [0.4, 0.5) is 24.5 Å².